The maximum absolute atomic E-state index is 5.41. The van der Waals surface area contributed by atoms with Crippen LogP contribution in [0.4, 0.5) is 0 Å². The molecule has 0 spiro atoms. The maximum atomic E-state index is 5.41. The van der Waals surface area contributed by atoms with Crippen LogP contribution in [0.2, 0.25) is 0 Å². The number of ether oxygens (including phenoxy) is 2. The Hall–Kier alpha value is -0.380. The minimum Gasteiger partial charge on any atom is -0.379 e. The van der Waals surface area contributed by atoms with Crippen LogP contribution in [0.15, 0.2) is 12.2 Å². The summed E-state index contributed by atoms with van der Waals surface area (Å²) in [6.45, 7) is 14.4. The molecule has 0 heterocycles. The van der Waals surface area contributed by atoms with Crippen molar-refractivity contribution in [3.05, 3.63) is 12.2 Å². The van der Waals surface area contributed by atoms with Crippen LogP contribution >= 0.6 is 0 Å². The van der Waals surface area contributed by atoms with Gasteiger partial charge in [0.1, 0.15) is 0 Å². The Bertz CT molecular complexity index is 202. The monoisotopic (exact) mass is 229 g/mol. The number of methoxy groups -OCH3 is 1. The van der Waals surface area contributed by atoms with Crippen molar-refractivity contribution in [2.45, 2.75) is 45.8 Å². The van der Waals surface area contributed by atoms with Gasteiger partial charge in [-0.2, -0.15) is 0 Å². The van der Waals surface area contributed by atoms with E-state index >= 15 is 0 Å². The van der Waals surface area contributed by atoms with Crippen LogP contribution in [-0.2, 0) is 9.47 Å². The quantitative estimate of drug-likeness (QED) is 0.486. The average Bonchev–Trinajstić information content (AvgIpc) is 2.16. The standard InChI is InChI=1S/C13H27NO2/c1-11(2)10-16-8-7-14-12(3)9-13(4,5)15-6/h12,14H,1,7-10H2,2-6H3. The fourth-order valence-corrected chi connectivity index (χ4v) is 1.52. The molecule has 0 fully saturated rings. The molecule has 0 rings (SSSR count). The molecule has 0 bridgehead atoms. The van der Waals surface area contributed by atoms with Crippen LogP contribution in [0.3, 0.4) is 0 Å². The van der Waals surface area contributed by atoms with Gasteiger partial charge in [0.05, 0.1) is 18.8 Å². The lowest BCUT2D eigenvalue weighted by atomic mass is 10.00. The summed E-state index contributed by atoms with van der Waals surface area (Å²) >= 11 is 0. The van der Waals surface area contributed by atoms with Crippen LogP contribution in [0.1, 0.15) is 34.1 Å². The van der Waals surface area contributed by atoms with Gasteiger partial charge < -0.3 is 14.8 Å². The van der Waals surface area contributed by atoms with Gasteiger partial charge in [-0.25, -0.2) is 0 Å². The number of nitrogens with one attached hydrogen (secondary N) is 1. The molecule has 0 saturated carbocycles. The molecular formula is C13H27NO2. The lowest BCUT2D eigenvalue weighted by Gasteiger charge is -2.27. The van der Waals surface area contributed by atoms with Gasteiger partial charge in [0.25, 0.3) is 0 Å². The molecule has 0 amide bonds. The molecule has 3 heteroatoms. The van der Waals surface area contributed by atoms with Gasteiger partial charge in [-0.15, -0.1) is 0 Å². The molecule has 16 heavy (non-hydrogen) atoms. The van der Waals surface area contributed by atoms with Gasteiger partial charge in [0, 0.05) is 19.7 Å². The first kappa shape index (κ1) is 15.6. The van der Waals surface area contributed by atoms with E-state index in [2.05, 4.69) is 32.7 Å². The second kappa shape index (κ2) is 7.82. The SMILES string of the molecule is C=C(C)COCCNC(C)CC(C)(C)OC. The fourth-order valence-electron chi connectivity index (χ4n) is 1.52. The van der Waals surface area contributed by atoms with Crippen molar-refractivity contribution in [2.75, 3.05) is 26.9 Å². The maximum Gasteiger partial charge on any atom is 0.0672 e. The molecule has 0 saturated heterocycles. The van der Waals surface area contributed by atoms with Crippen molar-refractivity contribution in [1.29, 1.82) is 0 Å². The third kappa shape index (κ3) is 8.89. The molecule has 0 aromatic heterocycles. The van der Waals surface area contributed by atoms with E-state index in [-0.39, 0.29) is 5.60 Å². The summed E-state index contributed by atoms with van der Waals surface area (Å²) in [6.07, 6.45) is 0.990. The largest absolute Gasteiger partial charge is 0.379 e. The topological polar surface area (TPSA) is 30.5 Å². The van der Waals surface area contributed by atoms with E-state index in [1.54, 1.807) is 7.11 Å². The molecular weight excluding hydrogens is 202 g/mol. The third-order valence-corrected chi connectivity index (χ3v) is 2.44. The first-order valence-electron chi connectivity index (χ1n) is 5.88. The summed E-state index contributed by atoms with van der Waals surface area (Å²) in [5, 5.41) is 3.41. The molecule has 0 aromatic carbocycles. The first-order valence-corrected chi connectivity index (χ1v) is 5.88. The fraction of sp³-hybridized carbons (Fsp3) is 0.846. The zero-order chi connectivity index (χ0) is 12.6. The van der Waals surface area contributed by atoms with Crippen LogP contribution in [0.5, 0.6) is 0 Å². The Balaban J connectivity index is 3.51. The van der Waals surface area contributed by atoms with Crippen molar-refractivity contribution in [3.63, 3.8) is 0 Å². The highest BCUT2D eigenvalue weighted by atomic mass is 16.5. The molecule has 1 atom stereocenters. The summed E-state index contributed by atoms with van der Waals surface area (Å²) in [4.78, 5) is 0. The van der Waals surface area contributed by atoms with Gasteiger partial charge in [-0.3, -0.25) is 0 Å². The number of hydrogen-bond donors (Lipinski definition) is 1. The second-order valence-electron chi connectivity index (χ2n) is 5.03. The van der Waals surface area contributed by atoms with E-state index in [9.17, 15) is 0 Å². The second-order valence-corrected chi connectivity index (χ2v) is 5.03. The Kier molecular flexibility index (Phi) is 7.64. The number of hydrogen-bond acceptors (Lipinski definition) is 3. The lowest BCUT2D eigenvalue weighted by Crippen LogP contribution is -2.37. The minimum atomic E-state index is -0.0645. The van der Waals surface area contributed by atoms with Crippen LogP contribution in [0.25, 0.3) is 0 Å². The molecule has 0 radical (unpaired) electrons. The molecule has 0 aliphatic carbocycles. The lowest BCUT2D eigenvalue weighted by molar-refractivity contribution is 0.00801. The third-order valence-electron chi connectivity index (χ3n) is 2.44. The molecule has 1 unspecified atom stereocenters. The highest BCUT2D eigenvalue weighted by Gasteiger charge is 2.19. The van der Waals surface area contributed by atoms with Crippen molar-refractivity contribution in [3.8, 4) is 0 Å². The average molecular weight is 229 g/mol. The van der Waals surface area contributed by atoms with Gasteiger partial charge in [-0.1, -0.05) is 12.2 Å². The van der Waals surface area contributed by atoms with Crippen molar-refractivity contribution >= 4 is 0 Å². The summed E-state index contributed by atoms with van der Waals surface area (Å²) in [5.41, 5.74) is 0.999. The normalized spacial score (nSPS) is 13.8. The van der Waals surface area contributed by atoms with Crippen LogP contribution < -0.4 is 5.32 Å². The highest BCUT2D eigenvalue weighted by Crippen LogP contribution is 2.14. The van der Waals surface area contributed by atoms with Crippen molar-refractivity contribution in [1.82, 2.24) is 5.32 Å². The van der Waals surface area contributed by atoms with E-state index < -0.39 is 0 Å². The number of rotatable bonds is 9. The molecule has 0 aliphatic heterocycles. The van der Waals surface area contributed by atoms with Gasteiger partial charge in [-0.05, 0) is 34.1 Å². The predicted molar refractivity (Wildman–Crippen MR) is 68.8 cm³/mol. The minimum absolute atomic E-state index is 0.0645. The smallest absolute Gasteiger partial charge is 0.0672 e. The Morgan fingerprint density at radius 3 is 2.56 bits per heavy atom. The zero-order valence-corrected chi connectivity index (χ0v) is 11.4. The molecule has 0 aromatic rings. The Morgan fingerprint density at radius 1 is 1.44 bits per heavy atom. The van der Waals surface area contributed by atoms with Gasteiger partial charge in [0.2, 0.25) is 0 Å². The zero-order valence-electron chi connectivity index (χ0n) is 11.4. The molecule has 0 aliphatic rings. The van der Waals surface area contributed by atoms with E-state index in [0.717, 1.165) is 25.1 Å². The molecule has 96 valence electrons. The van der Waals surface area contributed by atoms with E-state index in [4.69, 9.17) is 9.47 Å². The van der Waals surface area contributed by atoms with E-state index in [0.29, 0.717) is 12.6 Å². The van der Waals surface area contributed by atoms with Crippen LogP contribution in [0, 0.1) is 0 Å². The Morgan fingerprint density at radius 2 is 2.06 bits per heavy atom. The highest BCUT2D eigenvalue weighted by molar-refractivity contribution is 4.87. The van der Waals surface area contributed by atoms with Crippen LogP contribution in [-0.4, -0.2) is 38.5 Å². The Labute approximate surface area is 100 Å². The summed E-state index contributed by atoms with van der Waals surface area (Å²) < 4.78 is 10.8. The summed E-state index contributed by atoms with van der Waals surface area (Å²) in [7, 11) is 1.75. The first-order chi connectivity index (χ1) is 7.37. The predicted octanol–water partition coefficient (Wildman–Crippen LogP) is 2.37. The van der Waals surface area contributed by atoms with Crippen molar-refractivity contribution < 1.29 is 9.47 Å². The van der Waals surface area contributed by atoms with Gasteiger partial charge >= 0.3 is 0 Å². The van der Waals surface area contributed by atoms with E-state index in [1.807, 2.05) is 6.92 Å². The summed E-state index contributed by atoms with van der Waals surface area (Å²) in [5.74, 6) is 0. The van der Waals surface area contributed by atoms with Gasteiger partial charge in [0.15, 0.2) is 0 Å². The summed E-state index contributed by atoms with van der Waals surface area (Å²) in [6, 6.07) is 0.434. The molecule has 3 nitrogen and oxygen atoms in total. The molecule has 1 N–H and O–H groups in total. The van der Waals surface area contributed by atoms with E-state index in [1.165, 1.54) is 0 Å². The van der Waals surface area contributed by atoms with Crippen molar-refractivity contribution in [2.24, 2.45) is 0 Å².